The normalized spacial score (nSPS) is 13.1. The second kappa shape index (κ2) is 5.02. The van der Waals surface area contributed by atoms with Crippen LogP contribution in [0.4, 0.5) is 14.5 Å². The Kier molecular flexibility index (Phi) is 3.20. The first-order valence-electron chi connectivity index (χ1n) is 6.23. The summed E-state index contributed by atoms with van der Waals surface area (Å²) in [7, 11) is 0. The monoisotopic (exact) mass is 274 g/mol. The lowest BCUT2D eigenvalue weighted by molar-refractivity contribution is 0.102. The van der Waals surface area contributed by atoms with Crippen molar-refractivity contribution in [2.24, 2.45) is 0 Å². The molecule has 1 amide bonds. The van der Waals surface area contributed by atoms with Crippen LogP contribution in [-0.2, 0) is 13.1 Å². The summed E-state index contributed by atoms with van der Waals surface area (Å²) in [5, 5.41) is 5.56. The molecule has 102 valence electrons. The van der Waals surface area contributed by atoms with Gasteiger partial charge in [-0.15, -0.1) is 0 Å². The molecule has 1 heterocycles. The molecule has 1 aliphatic rings. The van der Waals surface area contributed by atoms with E-state index in [4.69, 9.17) is 0 Å². The first kappa shape index (κ1) is 12.7. The average Bonchev–Trinajstić information content (AvgIpc) is 2.91. The molecule has 2 aromatic carbocycles. The van der Waals surface area contributed by atoms with Gasteiger partial charge in [0.05, 0.1) is 5.69 Å². The van der Waals surface area contributed by atoms with Gasteiger partial charge in [-0.1, -0.05) is 12.1 Å². The second-order valence-electron chi connectivity index (χ2n) is 4.64. The van der Waals surface area contributed by atoms with E-state index in [1.54, 1.807) is 12.1 Å². The van der Waals surface area contributed by atoms with Crippen molar-refractivity contribution in [3.63, 3.8) is 0 Å². The quantitative estimate of drug-likeness (QED) is 0.884. The van der Waals surface area contributed by atoms with E-state index in [0.717, 1.165) is 23.7 Å². The number of hydrogen-bond acceptors (Lipinski definition) is 2. The first-order valence-corrected chi connectivity index (χ1v) is 6.23. The summed E-state index contributed by atoms with van der Waals surface area (Å²) in [6, 6.07) is 8.99. The number of anilines is 1. The standard InChI is InChI=1S/C15H12F2N2O/c16-12-2-1-3-13(14(12)17)19-15(20)9-4-5-10-7-18-8-11(10)6-9/h1-6,18H,7-8H2,(H,19,20). The van der Waals surface area contributed by atoms with Gasteiger partial charge in [0.1, 0.15) is 0 Å². The van der Waals surface area contributed by atoms with Crippen LogP contribution in [-0.4, -0.2) is 5.91 Å². The van der Waals surface area contributed by atoms with Crippen LogP contribution in [0.15, 0.2) is 36.4 Å². The summed E-state index contributed by atoms with van der Waals surface area (Å²) in [4.78, 5) is 12.1. The minimum absolute atomic E-state index is 0.159. The average molecular weight is 274 g/mol. The van der Waals surface area contributed by atoms with Crippen LogP contribution in [0.25, 0.3) is 0 Å². The molecule has 1 aliphatic heterocycles. The highest BCUT2D eigenvalue weighted by Gasteiger charge is 2.15. The van der Waals surface area contributed by atoms with E-state index in [1.807, 2.05) is 6.07 Å². The van der Waals surface area contributed by atoms with Gasteiger partial charge in [-0.25, -0.2) is 8.78 Å². The second-order valence-corrected chi connectivity index (χ2v) is 4.64. The molecule has 0 bridgehead atoms. The van der Waals surface area contributed by atoms with Gasteiger partial charge in [-0.2, -0.15) is 0 Å². The molecular formula is C15H12F2N2O. The summed E-state index contributed by atoms with van der Waals surface area (Å²) in [6.07, 6.45) is 0. The van der Waals surface area contributed by atoms with E-state index in [-0.39, 0.29) is 5.69 Å². The number of hydrogen-bond donors (Lipinski definition) is 2. The number of carbonyl (C=O) groups excluding carboxylic acids is 1. The van der Waals surface area contributed by atoms with E-state index < -0.39 is 17.5 Å². The zero-order valence-electron chi connectivity index (χ0n) is 10.5. The van der Waals surface area contributed by atoms with Crippen LogP contribution in [0.2, 0.25) is 0 Å². The molecule has 0 radical (unpaired) electrons. The highest BCUT2D eigenvalue weighted by Crippen LogP contribution is 2.20. The van der Waals surface area contributed by atoms with Crippen molar-refractivity contribution in [2.45, 2.75) is 13.1 Å². The maximum absolute atomic E-state index is 13.5. The molecule has 2 aromatic rings. The SMILES string of the molecule is O=C(Nc1cccc(F)c1F)c1ccc2c(c1)CNC2. The molecule has 5 heteroatoms. The van der Waals surface area contributed by atoms with E-state index in [9.17, 15) is 13.6 Å². The Morgan fingerprint density at radius 1 is 1.10 bits per heavy atom. The third-order valence-electron chi connectivity index (χ3n) is 3.30. The van der Waals surface area contributed by atoms with Crippen molar-refractivity contribution in [2.75, 3.05) is 5.32 Å². The number of halogens is 2. The fourth-order valence-electron chi connectivity index (χ4n) is 2.23. The third kappa shape index (κ3) is 2.28. The van der Waals surface area contributed by atoms with E-state index in [1.165, 1.54) is 12.1 Å². The number of rotatable bonds is 2. The van der Waals surface area contributed by atoms with Gasteiger partial charge in [-0.3, -0.25) is 4.79 Å². The Hall–Kier alpha value is -2.27. The number of fused-ring (bicyclic) bond motifs is 1. The lowest BCUT2D eigenvalue weighted by Crippen LogP contribution is -2.13. The zero-order valence-corrected chi connectivity index (χ0v) is 10.5. The number of carbonyl (C=O) groups is 1. The lowest BCUT2D eigenvalue weighted by atomic mass is 10.1. The van der Waals surface area contributed by atoms with Gasteiger partial charge in [0, 0.05) is 18.7 Å². The van der Waals surface area contributed by atoms with Crippen molar-refractivity contribution in [3.8, 4) is 0 Å². The highest BCUT2D eigenvalue weighted by atomic mass is 19.2. The van der Waals surface area contributed by atoms with Crippen molar-refractivity contribution in [1.29, 1.82) is 0 Å². The number of amides is 1. The molecule has 2 N–H and O–H groups in total. The molecule has 3 nitrogen and oxygen atoms in total. The smallest absolute Gasteiger partial charge is 0.255 e. The molecule has 0 saturated heterocycles. The van der Waals surface area contributed by atoms with Crippen LogP contribution in [0.3, 0.4) is 0 Å². The van der Waals surface area contributed by atoms with Gasteiger partial charge in [0.25, 0.3) is 5.91 Å². The number of benzene rings is 2. The molecule has 3 rings (SSSR count). The predicted octanol–water partition coefficient (Wildman–Crippen LogP) is 2.82. The molecule has 0 aromatic heterocycles. The van der Waals surface area contributed by atoms with Crippen molar-refractivity contribution < 1.29 is 13.6 Å². The van der Waals surface area contributed by atoms with Crippen LogP contribution in [0.1, 0.15) is 21.5 Å². The van der Waals surface area contributed by atoms with Crippen LogP contribution in [0, 0.1) is 11.6 Å². The van der Waals surface area contributed by atoms with Crippen LogP contribution < -0.4 is 10.6 Å². The maximum atomic E-state index is 13.5. The van der Waals surface area contributed by atoms with Crippen molar-refractivity contribution in [1.82, 2.24) is 5.32 Å². The first-order chi connectivity index (χ1) is 9.65. The Bertz CT molecular complexity index is 686. The fourth-order valence-corrected chi connectivity index (χ4v) is 2.23. The molecule has 20 heavy (non-hydrogen) atoms. The molecular weight excluding hydrogens is 262 g/mol. The summed E-state index contributed by atoms with van der Waals surface area (Å²) in [5.41, 5.74) is 2.47. The van der Waals surface area contributed by atoms with Gasteiger partial charge in [0.2, 0.25) is 0 Å². The van der Waals surface area contributed by atoms with E-state index >= 15 is 0 Å². The van der Waals surface area contributed by atoms with Crippen LogP contribution >= 0.6 is 0 Å². The summed E-state index contributed by atoms with van der Waals surface area (Å²) >= 11 is 0. The Morgan fingerprint density at radius 2 is 1.90 bits per heavy atom. The summed E-state index contributed by atoms with van der Waals surface area (Å²) in [6.45, 7) is 1.50. The molecule has 0 spiro atoms. The van der Waals surface area contributed by atoms with Gasteiger partial charge in [0.15, 0.2) is 11.6 Å². The number of nitrogens with one attached hydrogen (secondary N) is 2. The minimum Gasteiger partial charge on any atom is -0.319 e. The lowest BCUT2D eigenvalue weighted by Gasteiger charge is -2.08. The topological polar surface area (TPSA) is 41.1 Å². The maximum Gasteiger partial charge on any atom is 0.255 e. The van der Waals surface area contributed by atoms with Crippen LogP contribution in [0.5, 0.6) is 0 Å². The third-order valence-corrected chi connectivity index (χ3v) is 3.30. The predicted molar refractivity (Wildman–Crippen MR) is 71.3 cm³/mol. The van der Waals surface area contributed by atoms with Crippen molar-refractivity contribution >= 4 is 11.6 Å². The van der Waals surface area contributed by atoms with Gasteiger partial charge in [-0.05, 0) is 35.4 Å². The minimum atomic E-state index is -1.05. The summed E-state index contributed by atoms with van der Waals surface area (Å²) < 4.78 is 26.6. The largest absolute Gasteiger partial charge is 0.319 e. The Labute approximate surface area is 114 Å². The zero-order chi connectivity index (χ0) is 14.1. The Balaban J connectivity index is 1.84. The van der Waals surface area contributed by atoms with Gasteiger partial charge >= 0.3 is 0 Å². The molecule has 0 fully saturated rings. The molecule has 0 atom stereocenters. The molecule has 0 unspecified atom stereocenters. The fraction of sp³-hybridized carbons (Fsp3) is 0.133. The molecule has 0 saturated carbocycles. The highest BCUT2D eigenvalue weighted by molar-refractivity contribution is 6.04. The van der Waals surface area contributed by atoms with E-state index in [2.05, 4.69) is 10.6 Å². The van der Waals surface area contributed by atoms with Gasteiger partial charge < -0.3 is 10.6 Å². The molecule has 0 aliphatic carbocycles. The summed E-state index contributed by atoms with van der Waals surface area (Å²) in [5.74, 6) is -2.49. The Morgan fingerprint density at radius 3 is 2.75 bits per heavy atom. The van der Waals surface area contributed by atoms with E-state index in [0.29, 0.717) is 12.1 Å². The van der Waals surface area contributed by atoms with Crippen molar-refractivity contribution in [3.05, 3.63) is 64.7 Å².